The largest absolute Gasteiger partial charge is 0.327 e. The second-order valence-corrected chi connectivity index (χ2v) is 5.84. The van der Waals surface area contributed by atoms with Crippen LogP contribution in [0.15, 0.2) is 59.5 Å². The Balaban J connectivity index is 1.88. The molecule has 100 valence electrons. The van der Waals surface area contributed by atoms with E-state index in [0.29, 0.717) is 0 Å². The van der Waals surface area contributed by atoms with Gasteiger partial charge in [0.05, 0.1) is 0 Å². The van der Waals surface area contributed by atoms with Crippen molar-refractivity contribution >= 4 is 11.8 Å². The lowest BCUT2D eigenvalue weighted by atomic mass is 10.1. The van der Waals surface area contributed by atoms with Crippen LogP contribution in [0, 0.1) is 0 Å². The van der Waals surface area contributed by atoms with Gasteiger partial charge in [0.25, 0.3) is 0 Å². The van der Waals surface area contributed by atoms with E-state index >= 15 is 0 Å². The molecule has 0 heterocycles. The van der Waals surface area contributed by atoms with Crippen molar-refractivity contribution in [2.75, 3.05) is 0 Å². The van der Waals surface area contributed by atoms with Crippen LogP contribution in [-0.4, -0.2) is 6.04 Å². The maximum atomic E-state index is 5.97. The van der Waals surface area contributed by atoms with Crippen LogP contribution in [0.5, 0.6) is 0 Å². The summed E-state index contributed by atoms with van der Waals surface area (Å²) in [5.41, 5.74) is 8.67. The van der Waals surface area contributed by atoms with Crippen molar-refractivity contribution in [2.45, 2.75) is 36.5 Å². The van der Waals surface area contributed by atoms with E-state index in [0.717, 1.165) is 18.6 Å². The summed E-state index contributed by atoms with van der Waals surface area (Å²) in [5, 5.41) is 0. The van der Waals surface area contributed by atoms with Crippen LogP contribution in [0.2, 0.25) is 0 Å². The van der Waals surface area contributed by atoms with E-state index in [1.165, 1.54) is 16.0 Å². The first-order valence-electron chi connectivity index (χ1n) is 6.79. The molecule has 2 heteroatoms. The Morgan fingerprint density at radius 3 is 2.26 bits per heavy atom. The van der Waals surface area contributed by atoms with Gasteiger partial charge in [-0.25, -0.2) is 0 Å². The van der Waals surface area contributed by atoms with Crippen molar-refractivity contribution in [1.82, 2.24) is 0 Å². The fourth-order valence-corrected chi connectivity index (χ4v) is 2.76. The Labute approximate surface area is 120 Å². The third-order valence-corrected chi connectivity index (χ3v) is 4.28. The smallest absolute Gasteiger partial charge is 0.0231 e. The van der Waals surface area contributed by atoms with E-state index in [1.807, 2.05) is 11.8 Å². The van der Waals surface area contributed by atoms with Crippen molar-refractivity contribution in [1.29, 1.82) is 0 Å². The Morgan fingerprint density at radius 1 is 0.947 bits per heavy atom. The second kappa shape index (κ2) is 7.37. The number of rotatable bonds is 6. The molecule has 2 aromatic carbocycles. The summed E-state index contributed by atoms with van der Waals surface area (Å²) >= 11 is 1.88. The van der Waals surface area contributed by atoms with Crippen LogP contribution >= 0.6 is 11.8 Å². The van der Waals surface area contributed by atoms with Gasteiger partial charge >= 0.3 is 0 Å². The van der Waals surface area contributed by atoms with E-state index in [2.05, 4.69) is 61.5 Å². The third kappa shape index (κ3) is 4.73. The number of thioether (sulfide) groups is 1. The van der Waals surface area contributed by atoms with Gasteiger partial charge in [-0.3, -0.25) is 0 Å². The Hall–Kier alpha value is -1.25. The van der Waals surface area contributed by atoms with Crippen LogP contribution in [0.3, 0.4) is 0 Å². The van der Waals surface area contributed by atoms with Gasteiger partial charge in [-0.1, -0.05) is 49.4 Å². The third-order valence-electron chi connectivity index (χ3n) is 3.19. The molecule has 0 aromatic heterocycles. The summed E-state index contributed by atoms with van der Waals surface area (Å²) in [5.74, 6) is 1.02. The van der Waals surface area contributed by atoms with Crippen LogP contribution < -0.4 is 5.73 Å². The topological polar surface area (TPSA) is 26.0 Å². The van der Waals surface area contributed by atoms with Gasteiger partial charge in [0, 0.05) is 16.7 Å². The minimum absolute atomic E-state index is 0.280. The molecule has 0 amide bonds. The lowest BCUT2D eigenvalue weighted by molar-refractivity contribution is 0.646. The van der Waals surface area contributed by atoms with E-state index in [1.54, 1.807) is 0 Å². The average molecular weight is 271 g/mol. The monoisotopic (exact) mass is 271 g/mol. The first kappa shape index (κ1) is 14.2. The molecule has 0 aliphatic heterocycles. The molecule has 0 saturated heterocycles. The minimum Gasteiger partial charge on any atom is -0.327 e. The van der Waals surface area contributed by atoms with Crippen LogP contribution in [-0.2, 0) is 12.2 Å². The molecular formula is C17H21NS. The highest BCUT2D eigenvalue weighted by atomic mass is 32.2. The zero-order valence-electron chi connectivity index (χ0n) is 11.4. The first-order valence-corrected chi connectivity index (χ1v) is 7.77. The molecule has 0 aliphatic carbocycles. The van der Waals surface area contributed by atoms with Gasteiger partial charge in [-0.05, 0) is 36.1 Å². The fraction of sp³-hybridized carbons (Fsp3) is 0.294. The van der Waals surface area contributed by atoms with Crippen LogP contribution in [0.25, 0.3) is 0 Å². The molecule has 19 heavy (non-hydrogen) atoms. The Kier molecular flexibility index (Phi) is 5.49. The Bertz CT molecular complexity index is 478. The first-order chi connectivity index (χ1) is 9.28. The molecule has 2 N–H and O–H groups in total. The molecule has 0 saturated carbocycles. The van der Waals surface area contributed by atoms with Gasteiger partial charge in [0.2, 0.25) is 0 Å². The van der Waals surface area contributed by atoms with Crippen molar-refractivity contribution in [3.05, 3.63) is 65.7 Å². The summed E-state index contributed by atoms with van der Waals surface area (Å²) < 4.78 is 0. The van der Waals surface area contributed by atoms with Crippen molar-refractivity contribution in [3.8, 4) is 0 Å². The van der Waals surface area contributed by atoms with Gasteiger partial charge < -0.3 is 5.73 Å². The summed E-state index contributed by atoms with van der Waals surface area (Å²) in [6.45, 7) is 2.13. The number of hydrogen-bond acceptors (Lipinski definition) is 2. The fourth-order valence-electron chi connectivity index (χ4n) is 1.91. The Morgan fingerprint density at radius 2 is 1.63 bits per heavy atom. The number of nitrogens with two attached hydrogens (primary N) is 1. The van der Waals surface area contributed by atoms with Crippen molar-refractivity contribution in [3.63, 3.8) is 0 Å². The molecule has 0 radical (unpaired) electrons. The molecule has 0 spiro atoms. The van der Waals surface area contributed by atoms with Crippen molar-refractivity contribution in [2.24, 2.45) is 5.73 Å². The number of hydrogen-bond donors (Lipinski definition) is 1. The predicted molar refractivity (Wildman–Crippen MR) is 84.4 cm³/mol. The molecule has 1 atom stereocenters. The van der Waals surface area contributed by atoms with E-state index in [-0.39, 0.29) is 6.04 Å². The van der Waals surface area contributed by atoms with E-state index < -0.39 is 0 Å². The lowest BCUT2D eigenvalue weighted by Gasteiger charge is -2.09. The van der Waals surface area contributed by atoms with Gasteiger partial charge in [-0.2, -0.15) is 0 Å². The zero-order valence-corrected chi connectivity index (χ0v) is 12.2. The predicted octanol–water partition coefficient (Wildman–Crippen LogP) is 4.26. The molecule has 1 unspecified atom stereocenters. The SMILES string of the molecule is CCC(N)Cc1ccc(SCc2ccccc2)cc1. The van der Waals surface area contributed by atoms with Gasteiger partial charge in [-0.15, -0.1) is 11.8 Å². The summed E-state index contributed by atoms with van der Waals surface area (Å²) in [6.07, 6.45) is 2.00. The zero-order chi connectivity index (χ0) is 13.5. The van der Waals surface area contributed by atoms with Crippen LogP contribution in [0.4, 0.5) is 0 Å². The standard InChI is InChI=1S/C17H21NS/c1-2-16(18)12-14-8-10-17(11-9-14)19-13-15-6-4-3-5-7-15/h3-11,16H,2,12-13,18H2,1H3. The van der Waals surface area contributed by atoms with Gasteiger partial charge in [0.15, 0.2) is 0 Å². The highest BCUT2D eigenvalue weighted by molar-refractivity contribution is 7.98. The maximum absolute atomic E-state index is 5.97. The molecular weight excluding hydrogens is 250 g/mol. The quantitative estimate of drug-likeness (QED) is 0.794. The molecule has 2 rings (SSSR count). The molecule has 1 nitrogen and oxygen atoms in total. The molecule has 2 aromatic rings. The summed E-state index contributed by atoms with van der Waals surface area (Å²) in [4.78, 5) is 1.32. The average Bonchev–Trinajstić information content (AvgIpc) is 2.47. The van der Waals surface area contributed by atoms with E-state index in [9.17, 15) is 0 Å². The van der Waals surface area contributed by atoms with E-state index in [4.69, 9.17) is 5.73 Å². The molecule has 0 fully saturated rings. The summed E-state index contributed by atoms with van der Waals surface area (Å²) in [7, 11) is 0. The lowest BCUT2D eigenvalue weighted by Crippen LogP contribution is -2.21. The second-order valence-electron chi connectivity index (χ2n) is 4.79. The molecule has 0 bridgehead atoms. The highest BCUT2D eigenvalue weighted by Crippen LogP contribution is 2.23. The van der Waals surface area contributed by atoms with Crippen LogP contribution in [0.1, 0.15) is 24.5 Å². The van der Waals surface area contributed by atoms with Gasteiger partial charge in [0.1, 0.15) is 0 Å². The summed E-state index contributed by atoms with van der Waals surface area (Å²) in [6, 6.07) is 19.6. The number of benzene rings is 2. The maximum Gasteiger partial charge on any atom is 0.0231 e. The van der Waals surface area contributed by atoms with Crippen molar-refractivity contribution < 1.29 is 0 Å². The normalized spacial score (nSPS) is 12.3. The molecule has 0 aliphatic rings. The minimum atomic E-state index is 0.280. The highest BCUT2D eigenvalue weighted by Gasteiger charge is 2.02.